The maximum atomic E-state index is 3.52. The van der Waals surface area contributed by atoms with Crippen LogP contribution in [0.3, 0.4) is 0 Å². The molecule has 1 N–H and O–H groups in total. The molecule has 2 aliphatic rings. The molecule has 15 heavy (non-hydrogen) atoms. The van der Waals surface area contributed by atoms with Crippen molar-refractivity contribution in [2.75, 3.05) is 32.7 Å². The molecule has 1 atom stereocenters. The molecule has 2 saturated heterocycles. The van der Waals surface area contributed by atoms with Gasteiger partial charge in [0.1, 0.15) is 0 Å². The van der Waals surface area contributed by atoms with E-state index in [1.165, 1.54) is 77.7 Å². The lowest BCUT2D eigenvalue weighted by molar-refractivity contribution is 0.244. The molecule has 0 bridgehead atoms. The second-order valence-electron chi connectivity index (χ2n) is 5.26. The molecular weight excluding hydrogens is 184 g/mol. The van der Waals surface area contributed by atoms with Crippen molar-refractivity contribution >= 4 is 0 Å². The first-order chi connectivity index (χ1) is 7.45. The predicted octanol–water partition coefficient (Wildman–Crippen LogP) is 2.25. The fourth-order valence-electron chi connectivity index (χ4n) is 2.90. The maximum absolute atomic E-state index is 3.52. The summed E-state index contributed by atoms with van der Waals surface area (Å²) in [6.45, 7) is 6.60. The van der Waals surface area contributed by atoms with Gasteiger partial charge in [0, 0.05) is 0 Å². The molecule has 0 aliphatic carbocycles. The van der Waals surface area contributed by atoms with Gasteiger partial charge in [0.15, 0.2) is 0 Å². The summed E-state index contributed by atoms with van der Waals surface area (Å²) in [7, 11) is 0. The minimum absolute atomic E-state index is 0.960. The number of likely N-dealkylation sites (tertiary alicyclic amines) is 1. The number of piperidine rings is 1. The summed E-state index contributed by atoms with van der Waals surface area (Å²) in [4.78, 5) is 2.70. The van der Waals surface area contributed by atoms with E-state index in [1.807, 2.05) is 0 Å². The largest absolute Gasteiger partial charge is 0.316 e. The Hall–Kier alpha value is -0.0800. The standard InChI is InChI=1S/C13H26N2/c1-2-4-10-15(9-3-1)11-7-13-6-5-8-14-12-13/h13-14H,1-12H2/t13-/m1/s1. The second-order valence-corrected chi connectivity index (χ2v) is 5.26. The van der Waals surface area contributed by atoms with Crippen molar-refractivity contribution in [2.45, 2.75) is 44.9 Å². The molecule has 0 amide bonds. The molecule has 2 heteroatoms. The first-order valence-corrected chi connectivity index (χ1v) is 6.88. The Labute approximate surface area is 94.4 Å². The van der Waals surface area contributed by atoms with Crippen LogP contribution in [0.1, 0.15) is 44.9 Å². The first-order valence-electron chi connectivity index (χ1n) is 6.88. The summed E-state index contributed by atoms with van der Waals surface area (Å²) in [6.07, 6.45) is 10.1. The van der Waals surface area contributed by atoms with Crippen LogP contribution >= 0.6 is 0 Å². The van der Waals surface area contributed by atoms with E-state index in [2.05, 4.69) is 10.2 Å². The zero-order valence-electron chi connectivity index (χ0n) is 10.0. The van der Waals surface area contributed by atoms with Crippen LogP contribution in [0.5, 0.6) is 0 Å². The van der Waals surface area contributed by atoms with E-state index in [0.29, 0.717) is 0 Å². The first kappa shape index (κ1) is 11.4. The average molecular weight is 210 g/mol. The van der Waals surface area contributed by atoms with Gasteiger partial charge in [-0.25, -0.2) is 0 Å². The number of nitrogens with zero attached hydrogens (tertiary/aromatic N) is 1. The average Bonchev–Trinajstić information content (AvgIpc) is 2.56. The van der Waals surface area contributed by atoms with Gasteiger partial charge in [-0.05, 0) is 70.7 Å². The van der Waals surface area contributed by atoms with Crippen molar-refractivity contribution in [3.8, 4) is 0 Å². The van der Waals surface area contributed by atoms with Gasteiger partial charge in [0.25, 0.3) is 0 Å². The number of hydrogen-bond acceptors (Lipinski definition) is 2. The zero-order valence-corrected chi connectivity index (χ0v) is 10.0. The van der Waals surface area contributed by atoms with Crippen molar-refractivity contribution in [3.63, 3.8) is 0 Å². The molecule has 88 valence electrons. The predicted molar refractivity (Wildman–Crippen MR) is 65.1 cm³/mol. The second kappa shape index (κ2) is 6.49. The molecular formula is C13H26N2. The number of hydrogen-bond donors (Lipinski definition) is 1. The molecule has 2 fully saturated rings. The van der Waals surface area contributed by atoms with Gasteiger partial charge in [-0.15, -0.1) is 0 Å². The van der Waals surface area contributed by atoms with E-state index in [-0.39, 0.29) is 0 Å². The van der Waals surface area contributed by atoms with Crippen LogP contribution in [0.25, 0.3) is 0 Å². The molecule has 0 aromatic carbocycles. The van der Waals surface area contributed by atoms with E-state index < -0.39 is 0 Å². The summed E-state index contributed by atoms with van der Waals surface area (Å²) in [5.74, 6) is 0.960. The minimum Gasteiger partial charge on any atom is -0.316 e. The third kappa shape index (κ3) is 4.12. The van der Waals surface area contributed by atoms with Gasteiger partial charge in [0.05, 0.1) is 0 Å². The monoisotopic (exact) mass is 210 g/mol. The molecule has 2 heterocycles. The van der Waals surface area contributed by atoms with E-state index in [0.717, 1.165) is 5.92 Å². The Morgan fingerprint density at radius 2 is 1.80 bits per heavy atom. The summed E-state index contributed by atoms with van der Waals surface area (Å²) in [6, 6.07) is 0. The third-order valence-electron chi connectivity index (χ3n) is 3.95. The Balaban J connectivity index is 1.62. The molecule has 2 rings (SSSR count). The van der Waals surface area contributed by atoms with Crippen molar-refractivity contribution in [1.29, 1.82) is 0 Å². The molecule has 0 aromatic heterocycles. The molecule has 2 aliphatic heterocycles. The van der Waals surface area contributed by atoms with Crippen molar-refractivity contribution in [3.05, 3.63) is 0 Å². The van der Waals surface area contributed by atoms with Crippen LogP contribution < -0.4 is 5.32 Å². The van der Waals surface area contributed by atoms with E-state index >= 15 is 0 Å². The lowest BCUT2D eigenvalue weighted by Gasteiger charge is -2.26. The molecule has 0 radical (unpaired) electrons. The van der Waals surface area contributed by atoms with Crippen molar-refractivity contribution in [2.24, 2.45) is 5.92 Å². The smallest absolute Gasteiger partial charge is 0.00156 e. The van der Waals surface area contributed by atoms with Gasteiger partial charge in [-0.3, -0.25) is 0 Å². The highest BCUT2D eigenvalue weighted by Gasteiger charge is 2.15. The van der Waals surface area contributed by atoms with Crippen LogP contribution in [-0.2, 0) is 0 Å². The van der Waals surface area contributed by atoms with Gasteiger partial charge in [0.2, 0.25) is 0 Å². The molecule has 0 saturated carbocycles. The SMILES string of the molecule is C1CCCN(CC[C@H]2CCCNC2)CC1. The Morgan fingerprint density at radius 3 is 2.47 bits per heavy atom. The van der Waals surface area contributed by atoms with Crippen LogP contribution in [-0.4, -0.2) is 37.6 Å². The Kier molecular flexibility index (Phi) is 4.94. The van der Waals surface area contributed by atoms with E-state index in [9.17, 15) is 0 Å². The van der Waals surface area contributed by atoms with Crippen LogP contribution in [0.15, 0.2) is 0 Å². The topological polar surface area (TPSA) is 15.3 Å². The minimum atomic E-state index is 0.960. The van der Waals surface area contributed by atoms with Crippen LogP contribution in [0.2, 0.25) is 0 Å². The highest BCUT2D eigenvalue weighted by Crippen LogP contribution is 2.16. The maximum Gasteiger partial charge on any atom is -0.00156 e. The lowest BCUT2D eigenvalue weighted by Crippen LogP contribution is -2.33. The number of nitrogens with one attached hydrogen (secondary N) is 1. The molecule has 0 aromatic rings. The molecule has 0 unspecified atom stereocenters. The van der Waals surface area contributed by atoms with E-state index in [1.54, 1.807) is 0 Å². The Morgan fingerprint density at radius 1 is 1.00 bits per heavy atom. The molecule has 0 spiro atoms. The van der Waals surface area contributed by atoms with Crippen LogP contribution in [0.4, 0.5) is 0 Å². The quantitative estimate of drug-likeness (QED) is 0.768. The highest BCUT2D eigenvalue weighted by atomic mass is 15.1. The van der Waals surface area contributed by atoms with Crippen molar-refractivity contribution < 1.29 is 0 Å². The Bertz CT molecular complexity index is 156. The zero-order chi connectivity index (χ0) is 10.3. The van der Waals surface area contributed by atoms with E-state index in [4.69, 9.17) is 0 Å². The fourth-order valence-corrected chi connectivity index (χ4v) is 2.90. The summed E-state index contributed by atoms with van der Waals surface area (Å²) in [5.41, 5.74) is 0. The van der Waals surface area contributed by atoms with Gasteiger partial charge < -0.3 is 10.2 Å². The normalized spacial score (nSPS) is 30.0. The third-order valence-corrected chi connectivity index (χ3v) is 3.95. The van der Waals surface area contributed by atoms with Crippen LogP contribution in [0, 0.1) is 5.92 Å². The number of rotatable bonds is 3. The fraction of sp³-hybridized carbons (Fsp3) is 1.00. The summed E-state index contributed by atoms with van der Waals surface area (Å²) >= 11 is 0. The highest BCUT2D eigenvalue weighted by molar-refractivity contribution is 4.71. The lowest BCUT2D eigenvalue weighted by atomic mass is 9.96. The van der Waals surface area contributed by atoms with Gasteiger partial charge >= 0.3 is 0 Å². The summed E-state index contributed by atoms with van der Waals surface area (Å²) < 4.78 is 0. The van der Waals surface area contributed by atoms with Crippen molar-refractivity contribution in [1.82, 2.24) is 10.2 Å². The molecule has 2 nitrogen and oxygen atoms in total. The summed E-state index contributed by atoms with van der Waals surface area (Å²) in [5, 5.41) is 3.52. The van der Waals surface area contributed by atoms with Gasteiger partial charge in [-0.1, -0.05) is 12.8 Å². The van der Waals surface area contributed by atoms with Gasteiger partial charge in [-0.2, -0.15) is 0 Å².